The molecule has 0 saturated heterocycles. The lowest BCUT2D eigenvalue weighted by Gasteiger charge is -2.47. The normalized spacial score (nSPS) is 14.1. The van der Waals surface area contributed by atoms with Crippen molar-refractivity contribution in [2.24, 2.45) is 0 Å². The first-order valence-corrected chi connectivity index (χ1v) is 12.0. The molecule has 0 aliphatic heterocycles. The van der Waals surface area contributed by atoms with Gasteiger partial charge in [0.25, 0.3) is 0 Å². The zero-order valence-electron chi connectivity index (χ0n) is 21.1. The first-order chi connectivity index (χ1) is 18.2. The summed E-state index contributed by atoms with van der Waals surface area (Å²) < 4.78 is 25.7. The molecule has 1 fully saturated rings. The van der Waals surface area contributed by atoms with E-state index in [-0.39, 0.29) is 45.4 Å². The van der Waals surface area contributed by atoms with E-state index in [0.717, 1.165) is 25.7 Å². The number of halogens is 1. The molecule has 2 N–H and O–H groups in total. The standard InChI is InChI=1S/C28H25FN4O5/c1-5-18-20(29)8-7-16-11-17(35)12-19(21(16)18)24-15(2)23-22(26(36)38-24)25(32-27(31-23)37-4)30-13-28(9-6-10-28)33(3)14-34/h1,7-8,11-12,14,35H,6,9-10,13H2,2-4H3,(H,30,31,32). The second kappa shape index (κ2) is 9.34. The van der Waals surface area contributed by atoms with Crippen molar-refractivity contribution in [1.29, 1.82) is 0 Å². The Bertz CT molecular complexity index is 1700. The highest BCUT2D eigenvalue weighted by atomic mass is 19.1. The molecule has 0 bridgehead atoms. The van der Waals surface area contributed by atoms with Crippen molar-refractivity contribution in [2.45, 2.75) is 31.7 Å². The molecule has 0 unspecified atom stereocenters. The number of hydrogen-bond donors (Lipinski definition) is 2. The van der Waals surface area contributed by atoms with E-state index in [1.54, 1.807) is 18.9 Å². The molecule has 194 valence electrons. The van der Waals surface area contributed by atoms with Gasteiger partial charge < -0.3 is 24.5 Å². The monoisotopic (exact) mass is 516 g/mol. The van der Waals surface area contributed by atoms with Gasteiger partial charge in [-0.2, -0.15) is 9.97 Å². The average Bonchev–Trinajstić information content (AvgIpc) is 2.89. The topological polar surface area (TPSA) is 118 Å². The number of amides is 1. The van der Waals surface area contributed by atoms with Crippen LogP contribution in [-0.4, -0.2) is 52.6 Å². The van der Waals surface area contributed by atoms with Crippen LogP contribution in [0, 0.1) is 25.1 Å². The summed E-state index contributed by atoms with van der Waals surface area (Å²) in [6, 6.07) is 5.54. The van der Waals surface area contributed by atoms with Crippen LogP contribution in [0.25, 0.3) is 33.0 Å². The molecule has 4 aromatic rings. The Labute approximate surface area is 217 Å². The van der Waals surface area contributed by atoms with E-state index < -0.39 is 17.0 Å². The van der Waals surface area contributed by atoms with Crippen molar-refractivity contribution in [2.75, 3.05) is 26.0 Å². The lowest BCUT2D eigenvalue weighted by molar-refractivity contribution is -0.124. The second-order valence-corrected chi connectivity index (χ2v) is 9.43. The molecular formula is C28H25FN4O5. The van der Waals surface area contributed by atoms with Crippen molar-refractivity contribution < 1.29 is 23.4 Å². The van der Waals surface area contributed by atoms with E-state index >= 15 is 0 Å². The Morgan fingerprint density at radius 3 is 2.71 bits per heavy atom. The Hall–Kier alpha value is -4.65. The number of nitrogens with zero attached hydrogens (tertiary/aromatic N) is 3. The minimum Gasteiger partial charge on any atom is -0.508 e. The van der Waals surface area contributed by atoms with Crippen LogP contribution in [-0.2, 0) is 4.79 Å². The number of terminal acetylenes is 1. The van der Waals surface area contributed by atoms with Crippen LogP contribution in [0.1, 0.15) is 30.4 Å². The van der Waals surface area contributed by atoms with Crippen molar-refractivity contribution in [3.63, 3.8) is 0 Å². The first kappa shape index (κ1) is 25.0. The van der Waals surface area contributed by atoms with Crippen molar-refractivity contribution in [3.8, 4) is 35.4 Å². The van der Waals surface area contributed by atoms with Gasteiger partial charge in [-0.25, -0.2) is 9.18 Å². The van der Waals surface area contributed by atoms with Crippen LogP contribution in [0.5, 0.6) is 11.8 Å². The number of anilines is 1. The molecule has 10 heteroatoms. The number of benzene rings is 2. The fourth-order valence-corrected chi connectivity index (χ4v) is 5.05. The van der Waals surface area contributed by atoms with E-state index in [9.17, 15) is 19.1 Å². The van der Waals surface area contributed by atoms with Crippen LogP contribution in [0.15, 0.2) is 33.5 Å². The van der Waals surface area contributed by atoms with E-state index in [1.807, 2.05) is 0 Å². The summed E-state index contributed by atoms with van der Waals surface area (Å²) in [6.07, 6.45) is 9.01. The second-order valence-electron chi connectivity index (χ2n) is 9.43. The molecular weight excluding hydrogens is 491 g/mol. The number of aryl methyl sites for hydroxylation is 1. The van der Waals surface area contributed by atoms with Crippen LogP contribution < -0.4 is 15.7 Å². The molecule has 0 atom stereocenters. The number of fused-ring (bicyclic) bond motifs is 2. The minimum atomic E-state index is -0.743. The zero-order valence-corrected chi connectivity index (χ0v) is 21.1. The molecule has 2 heterocycles. The van der Waals surface area contributed by atoms with Crippen molar-refractivity contribution in [1.82, 2.24) is 14.9 Å². The first-order valence-electron chi connectivity index (χ1n) is 12.0. The summed E-state index contributed by atoms with van der Waals surface area (Å²) in [7, 11) is 3.13. The predicted octanol–water partition coefficient (Wildman–Crippen LogP) is 3.97. The van der Waals surface area contributed by atoms with E-state index in [2.05, 4.69) is 21.2 Å². The molecule has 1 amide bonds. The van der Waals surface area contributed by atoms with Crippen molar-refractivity contribution in [3.05, 3.63) is 51.6 Å². The van der Waals surface area contributed by atoms with Crippen LogP contribution >= 0.6 is 0 Å². The van der Waals surface area contributed by atoms with Crippen LogP contribution in [0.4, 0.5) is 10.2 Å². The molecule has 5 rings (SSSR count). The number of hydrogen-bond acceptors (Lipinski definition) is 8. The quantitative estimate of drug-likeness (QED) is 0.280. The molecule has 0 radical (unpaired) electrons. The third kappa shape index (κ3) is 3.87. The fraction of sp³-hybridized carbons (Fsp3) is 0.286. The van der Waals surface area contributed by atoms with Gasteiger partial charge in [0.1, 0.15) is 28.5 Å². The van der Waals surface area contributed by atoms with E-state index in [1.165, 1.54) is 31.4 Å². The summed E-state index contributed by atoms with van der Waals surface area (Å²) in [5.41, 5.74) is -0.216. The molecule has 38 heavy (non-hydrogen) atoms. The summed E-state index contributed by atoms with van der Waals surface area (Å²) in [5.74, 6) is 1.91. The number of methoxy groups -OCH3 is 1. The summed E-state index contributed by atoms with van der Waals surface area (Å²) in [5, 5.41) is 14.5. The number of ether oxygens (including phenoxy) is 1. The Balaban J connectivity index is 1.73. The maximum absolute atomic E-state index is 14.6. The largest absolute Gasteiger partial charge is 0.508 e. The van der Waals surface area contributed by atoms with Crippen molar-refractivity contribution >= 4 is 33.9 Å². The Morgan fingerprint density at radius 2 is 2.08 bits per heavy atom. The zero-order chi connectivity index (χ0) is 27.2. The third-order valence-corrected chi connectivity index (χ3v) is 7.38. The van der Waals surface area contributed by atoms with E-state index in [4.69, 9.17) is 15.6 Å². The number of nitrogens with one attached hydrogen (secondary N) is 1. The number of aromatic nitrogens is 2. The Morgan fingerprint density at radius 1 is 1.32 bits per heavy atom. The molecule has 1 saturated carbocycles. The maximum atomic E-state index is 14.6. The number of likely N-dealkylation sites (N-methyl/N-ethyl adjacent to an activating group) is 1. The highest BCUT2D eigenvalue weighted by Crippen LogP contribution is 2.40. The fourth-order valence-electron chi connectivity index (χ4n) is 5.05. The third-order valence-electron chi connectivity index (χ3n) is 7.38. The van der Waals surface area contributed by atoms with Gasteiger partial charge in [-0.15, -0.1) is 6.42 Å². The van der Waals surface area contributed by atoms with Gasteiger partial charge in [0.2, 0.25) is 6.41 Å². The number of aromatic hydroxyl groups is 1. The van der Waals surface area contributed by atoms with Crippen LogP contribution in [0.3, 0.4) is 0 Å². The Kier molecular flexibility index (Phi) is 6.15. The highest BCUT2D eigenvalue weighted by molar-refractivity contribution is 6.03. The van der Waals surface area contributed by atoms with Gasteiger partial charge in [-0.05, 0) is 49.8 Å². The molecule has 9 nitrogen and oxygen atoms in total. The number of phenols is 1. The van der Waals surface area contributed by atoms with Gasteiger partial charge in [-0.3, -0.25) is 4.79 Å². The van der Waals surface area contributed by atoms with Gasteiger partial charge in [0, 0.05) is 30.1 Å². The smallest absolute Gasteiger partial charge is 0.349 e. The summed E-state index contributed by atoms with van der Waals surface area (Å²) in [4.78, 5) is 35.3. The number of carbonyl (C=O) groups is 1. The lowest BCUT2D eigenvalue weighted by atomic mass is 9.75. The molecule has 2 aromatic heterocycles. The summed E-state index contributed by atoms with van der Waals surface area (Å²) >= 11 is 0. The molecule has 1 aliphatic rings. The SMILES string of the molecule is C#Cc1c(F)ccc2cc(O)cc(-c3oc(=O)c4c(NCC5(N(C)C=O)CCC5)nc(OC)nc4c3C)c12. The summed E-state index contributed by atoms with van der Waals surface area (Å²) in [6.45, 7) is 2.05. The van der Waals surface area contributed by atoms with E-state index in [0.29, 0.717) is 22.9 Å². The predicted molar refractivity (Wildman–Crippen MR) is 141 cm³/mol. The number of carbonyl (C=O) groups excluding carboxylic acids is 1. The maximum Gasteiger partial charge on any atom is 0.349 e. The van der Waals surface area contributed by atoms with Gasteiger partial charge in [-0.1, -0.05) is 12.0 Å². The minimum absolute atomic E-state index is 0.0159. The number of rotatable bonds is 7. The van der Waals surface area contributed by atoms with Gasteiger partial charge in [0.15, 0.2) is 0 Å². The molecule has 1 aliphatic carbocycles. The molecule has 2 aromatic carbocycles. The average molecular weight is 517 g/mol. The van der Waals surface area contributed by atoms with Crippen LogP contribution in [0.2, 0.25) is 0 Å². The highest BCUT2D eigenvalue weighted by Gasteiger charge is 2.40. The van der Waals surface area contributed by atoms with Gasteiger partial charge in [0.05, 0.1) is 23.7 Å². The van der Waals surface area contributed by atoms with Gasteiger partial charge >= 0.3 is 11.6 Å². The molecule has 0 spiro atoms. The number of phenolic OH excluding ortho intramolecular Hbond substituents is 1. The lowest BCUT2D eigenvalue weighted by Crippen LogP contribution is -2.55.